The number of unbranched alkanes of at least 4 members (excludes halogenated alkanes) is 2. The number of rotatable bonds is 25. The number of para-hydroxylation sites is 2. The van der Waals surface area contributed by atoms with Crippen molar-refractivity contribution >= 4 is 134 Å². The number of hydrogen-bond donors (Lipinski definition) is 18. The summed E-state index contributed by atoms with van der Waals surface area (Å²) in [4.78, 5) is 290. The number of amides is 16. The minimum absolute atomic E-state index is 0.0489. The number of nitrogens with two attached hydrogens (primary N) is 2. The van der Waals surface area contributed by atoms with Crippen LogP contribution in [0.15, 0.2) is 97.7 Å². The van der Waals surface area contributed by atoms with E-state index in [-0.39, 0.29) is 76.6 Å². The van der Waals surface area contributed by atoms with Crippen LogP contribution in [0.3, 0.4) is 0 Å². The molecule has 7 heterocycles. The number of carboxylic acids is 3. The number of primary amides is 2. The zero-order valence-corrected chi connectivity index (χ0v) is 76.2. The van der Waals surface area contributed by atoms with Crippen LogP contribution in [0.2, 0.25) is 0 Å². The molecular formula is C91H120FN21O23. The Bertz CT molecular complexity index is 5380. The highest BCUT2D eigenvalue weighted by atomic mass is 19.1. The number of nitrogens with one attached hydrogen (secondary N) is 12. The molecule has 15 atom stereocenters. The van der Waals surface area contributed by atoms with Gasteiger partial charge in [-0.2, -0.15) is 0 Å². The molecule has 0 unspecified atom stereocenters. The Morgan fingerprint density at radius 2 is 1.05 bits per heavy atom. The van der Waals surface area contributed by atoms with Gasteiger partial charge in [-0.1, -0.05) is 88.1 Å². The normalized spacial score (nSPS) is 25.1. The number of halogens is 1. The topological polar surface area (TPSA) is 643 Å². The molecule has 0 radical (unpaired) electrons. The summed E-state index contributed by atoms with van der Waals surface area (Å²) in [5, 5.41) is 68.7. The number of carbonyl (C=O) groups excluding carboxylic acids is 16. The molecule has 16 amide bonds. The predicted octanol–water partition coefficient (Wildman–Crippen LogP) is -2.22. The molecule has 136 heavy (non-hydrogen) atoms. The number of imidazole rings is 1. The van der Waals surface area contributed by atoms with Gasteiger partial charge in [0.25, 0.3) is 0 Å². The Morgan fingerprint density at radius 3 is 1.69 bits per heavy atom. The van der Waals surface area contributed by atoms with Gasteiger partial charge in [0.15, 0.2) is 0 Å². The van der Waals surface area contributed by atoms with Gasteiger partial charge in [-0.15, -0.1) is 0 Å². The fraction of sp³-hybridized carbons (Fsp3) is 0.516. The molecule has 4 aliphatic heterocycles. The van der Waals surface area contributed by atoms with Gasteiger partial charge in [0.05, 0.1) is 31.1 Å². The van der Waals surface area contributed by atoms with Crippen LogP contribution >= 0.6 is 0 Å². The highest BCUT2D eigenvalue weighted by Crippen LogP contribution is 2.29. The van der Waals surface area contributed by atoms with E-state index in [0.29, 0.717) is 64.2 Å². The fourth-order valence-corrected chi connectivity index (χ4v) is 17.6. The fourth-order valence-electron chi connectivity index (χ4n) is 17.6. The van der Waals surface area contributed by atoms with Crippen molar-refractivity contribution in [3.05, 3.63) is 126 Å². The van der Waals surface area contributed by atoms with Crippen molar-refractivity contribution in [2.24, 2.45) is 11.5 Å². The molecule has 45 heteroatoms. The number of aromatic amines is 2. The number of fused-ring (bicyclic) bond motifs is 5. The zero-order chi connectivity index (χ0) is 98.9. The summed E-state index contributed by atoms with van der Waals surface area (Å²) < 4.78 is 15.8. The molecular weight excluding hydrogens is 1770 g/mol. The second-order valence-electron chi connectivity index (χ2n) is 34.7. The van der Waals surface area contributed by atoms with Gasteiger partial charge in [0, 0.05) is 126 Å². The van der Waals surface area contributed by atoms with E-state index in [4.69, 9.17) is 11.5 Å². The number of carboxylic acid groups (broad SMARTS) is 3. The van der Waals surface area contributed by atoms with Gasteiger partial charge >= 0.3 is 17.9 Å². The van der Waals surface area contributed by atoms with Gasteiger partial charge in [-0.25, -0.2) is 9.37 Å². The first-order chi connectivity index (χ1) is 64.8. The number of aliphatic hydroxyl groups excluding tert-OH is 1. The van der Waals surface area contributed by atoms with Crippen LogP contribution < -0.4 is 64.6 Å². The number of carbonyl (C=O) groups is 19. The van der Waals surface area contributed by atoms with E-state index in [1.807, 2.05) is 0 Å². The van der Waals surface area contributed by atoms with Crippen molar-refractivity contribution < 1.29 is 116 Å². The number of nitrogens with zero attached hydrogens (tertiary/aromatic N) is 7. The van der Waals surface area contributed by atoms with Crippen LogP contribution in [-0.2, 0) is 123 Å². The number of piperidine rings is 1. The molecule has 4 saturated heterocycles. The lowest BCUT2D eigenvalue weighted by Crippen LogP contribution is -2.62. The Balaban J connectivity index is 1.02. The molecule has 4 aliphatic rings. The standard InChI is InChI=1S/C91H120FN21O23/c1-6-8-20-68-83(128)101-59(29-31-75(117)118)80(125)107-66(78(94)123)43-95-44-74(116)100-63(35-50-25-27-53(92)28-26-50)89(134)111-33-15-14-23-69(111)85(130)106-65(40-73(93)115)90(135)112-34-16-24-70(112)84(129)104-62(38-54-42-96-48-98-54)82(127)102-60(30-32-76(119)120)88(133)113-46-55(114)39-72(113)86(131)103-61(36-51-41-97-58-19-12-10-17-56(51)58)81(126)99-49(3)79(124)105-64(87(132)109(5)71(21-9-7-2)91(136)108(68)4)37-52-45-110(47-77(121)122)67-22-13-11-18-57(52)67/h10-13,17-19,22,25-28,41-42,45,48-49,55,59-66,68-72,95,97,114H,6-9,14-16,20-21,23-24,29-40,43-44,46-47H2,1-5H3,(H2,93,115)(H2,94,123)(H,96,98)(H,99,126)(H,100,116)(H,101,128)(H,102,127)(H,103,131)(H,104,129)(H,105,124)(H,106,130)(H,107,125)(H,117,118)(H,119,120)(H,121,122)/t49-,55+,59-,60-,61-,62-,63-,64-,65-,66-,68-,69-,70-,71-,72-/m0/s1. The van der Waals surface area contributed by atoms with Gasteiger partial charge in [-0.05, 0) is 106 Å². The summed E-state index contributed by atoms with van der Waals surface area (Å²) in [6, 6.07) is -4.61. The number of aliphatic carboxylic acids is 3. The van der Waals surface area contributed by atoms with Gasteiger partial charge in [0.1, 0.15) is 96.9 Å². The number of benzene rings is 3. The van der Waals surface area contributed by atoms with Crippen molar-refractivity contribution in [3.8, 4) is 0 Å². The first-order valence-electron chi connectivity index (χ1n) is 45.5. The van der Waals surface area contributed by atoms with Crippen molar-refractivity contribution in [3.63, 3.8) is 0 Å². The van der Waals surface area contributed by atoms with Crippen LogP contribution in [0, 0.1) is 5.82 Å². The first-order valence-corrected chi connectivity index (χ1v) is 45.5. The maximum absolute atomic E-state index is 15.8. The third-order valence-corrected chi connectivity index (χ3v) is 24.8. The first kappa shape index (κ1) is 104. The SMILES string of the molecule is CCCC[C@H]1C(=O)N(C)[C@@H](CCCC)C(=O)N[C@@H](CCC(=O)O)C(=O)N[C@H](C(N)=O)CNCC(=O)N[C@@H](Cc2ccc(F)cc2)C(=O)N2CCCC[C@H]2C(=O)N[C@@H](CC(N)=O)C(=O)N2CCC[C@H]2C(=O)N[C@@H](Cc2c[nH]cn2)C(=O)N[C@@H](CCC(=O)O)C(=O)N2C[C@H](O)C[C@H]2C(=O)N[C@@H](Cc2c[nH]c3ccccc23)C(=O)N[C@@H](C)C(=O)N[C@@H](Cc2cn(CC(=O)O)c3ccccc23)C(=O)N1C. The van der Waals surface area contributed by atoms with Crippen molar-refractivity contribution in [1.82, 2.24) is 97.2 Å². The zero-order valence-electron chi connectivity index (χ0n) is 76.2. The summed E-state index contributed by atoms with van der Waals surface area (Å²) in [6.45, 7) is 2.03. The van der Waals surface area contributed by atoms with Crippen LogP contribution in [-0.4, -0.2) is 314 Å². The Morgan fingerprint density at radius 1 is 0.507 bits per heavy atom. The van der Waals surface area contributed by atoms with E-state index in [9.17, 15) is 68.0 Å². The third kappa shape index (κ3) is 27.7. The summed E-state index contributed by atoms with van der Waals surface area (Å²) in [5.74, 6) is -21.1. The molecule has 10 rings (SSSR count). The van der Waals surface area contributed by atoms with Gasteiger partial charge < -0.3 is 124 Å². The lowest BCUT2D eigenvalue weighted by molar-refractivity contribution is -0.149. The van der Waals surface area contributed by atoms with Gasteiger partial charge in [0.2, 0.25) is 94.5 Å². The Kier molecular flexibility index (Phi) is 37.1. The van der Waals surface area contributed by atoms with Crippen molar-refractivity contribution in [2.75, 3.05) is 46.8 Å². The van der Waals surface area contributed by atoms with Crippen LogP contribution in [0.25, 0.3) is 21.8 Å². The summed E-state index contributed by atoms with van der Waals surface area (Å²) in [7, 11) is 2.56. The smallest absolute Gasteiger partial charge is 0.323 e. The minimum Gasteiger partial charge on any atom is -0.481 e. The third-order valence-electron chi connectivity index (χ3n) is 24.8. The average Bonchev–Trinajstić information content (AvgIpc) is 1.63. The molecule has 3 aromatic heterocycles. The van der Waals surface area contributed by atoms with Crippen LogP contribution in [0.1, 0.15) is 152 Å². The largest absolute Gasteiger partial charge is 0.481 e. The second-order valence-corrected chi connectivity index (χ2v) is 34.7. The monoisotopic (exact) mass is 1890 g/mol. The number of hydrogen-bond acceptors (Lipinski definition) is 22. The molecule has 0 aliphatic carbocycles. The predicted molar refractivity (Wildman–Crippen MR) is 483 cm³/mol. The molecule has 4 fully saturated rings. The molecule has 0 saturated carbocycles. The minimum atomic E-state index is -1.86. The van der Waals surface area contributed by atoms with E-state index >= 15 is 47.9 Å². The maximum Gasteiger partial charge on any atom is 0.323 e. The highest BCUT2D eigenvalue weighted by Gasteiger charge is 2.47. The quantitative estimate of drug-likeness (QED) is 0.0289. The molecule has 734 valence electrons. The van der Waals surface area contributed by atoms with E-state index in [2.05, 4.69) is 68.1 Å². The molecule has 44 nitrogen and oxygen atoms in total. The summed E-state index contributed by atoms with van der Waals surface area (Å²) in [6.07, 6.45) is 0.375. The van der Waals surface area contributed by atoms with Crippen molar-refractivity contribution in [1.29, 1.82) is 0 Å². The molecule has 3 aromatic carbocycles. The lowest BCUT2D eigenvalue weighted by Gasteiger charge is -2.38. The molecule has 0 spiro atoms. The lowest BCUT2D eigenvalue weighted by atomic mass is 9.97. The van der Waals surface area contributed by atoms with Crippen LogP contribution in [0.5, 0.6) is 0 Å². The highest BCUT2D eigenvalue weighted by molar-refractivity contribution is 6.03. The number of H-pyrrole nitrogens is 2. The van der Waals surface area contributed by atoms with E-state index in [1.54, 1.807) is 68.6 Å². The van der Waals surface area contributed by atoms with E-state index in [0.717, 1.165) is 36.6 Å². The molecule has 0 bridgehead atoms. The number of likely N-dealkylation sites (N-methyl/N-ethyl adjacent to an activating group) is 2. The van der Waals surface area contributed by atoms with Gasteiger partial charge in [-0.3, -0.25) is 91.1 Å². The number of aromatic nitrogens is 4. The Labute approximate surface area is 780 Å². The molecule has 6 aromatic rings. The van der Waals surface area contributed by atoms with E-state index < -0.39 is 286 Å². The summed E-state index contributed by atoms with van der Waals surface area (Å²) in [5.41, 5.74) is 13.8. The number of aliphatic hydroxyl groups is 1. The molecule has 20 N–H and O–H groups in total. The van der Waals surface area contributed by atoms with E-state index in [1.165, 1.54) is 56.4 Å². The summed E-state index contributed by atoms with van der Waals surface area (Å²) >= 11 is 0. The maximum atomic E-state index is 15.8. The van der Waals surface area contributed by atoms with Crippen LogP contribution in [0.4, 0.5) is 4.39 Å². The second kappa shape index (κ2) is 48.6. The average molecular weight is 1900 g/mol. The van der Waals surface area contributed by atoms with Crippen molar-refractivity contribution in [2.45, 2.75) is 253 Å². The Hall–Kier alpha value is -14.3.